The lowest BCUT2D eigenvalue weighted by Gasteiger charge is -2.29. The van der Waals surface area contributed by atoms with Crippen molar-refractivity contribution >= 4 is 23.0 Å². The van der Waals surface area contributed by atoms with Gasteiger partial charge in [-0.2, -0.15) is 5.10 Å². The summed E-state index contributed by atoms with van der Waals surface area (Å²) in [4.78, 5) is 2.50. The van der Waals surface area contributed by atoms with Gasteiger partial charge in [-0.15, -0.1) is 5.10 Å². The van der Waals surface area contributed by atoms with Crippen LogP contribution in [0.2, 0.25) is 0 Å². The van der Waals surface area contributed by atoms with Crippen LogP contribution in [0.5, 0.6) is 0 Å². The number of hydrogen-bond donors (Lipinski definition) is 1. The molecular weight excluding hydrogens is 272 g/mol. The van der Waals surface area contributed by atoms with Crippen LogP contribution in [0.25, 0.3) is 0 Å². The lowest BCUT2D eigenvalue weighted by Crippen LogP contribution is -2.32. The van der Waals surface area contributed by atoms with Gasteiger partial charge in [0.1, 0.15) is 4.99 Å². The lowest BCUT2D eigenvalue weighted by atomic mass is 9.99. The average molecular weight is 294 g/mol. The highest BCUT2D eigenvalue weighted by Gasteiger charge is 2.21. The first-order valence-electron chi connectivity index (χ1n) is 6.93. The Morgan fingerprint density at radius 3 is 2.60 bits per heavy atom. The molecule has 1 aliphatic heterocycles. The Balaban J connectivity index is 2.22. The molecule has 5 nitrogen and oxygen atoms in total. The first-order valence-corrected chi connectivity index (χ1v) is 7.34. The highest BCUT2D eigenvalue weighted by atomic mass is 32.1. The Kier molecular flexibility index (Phi) is 4.88. The topological polar surface area (TPSA) is 64.3 Å². The van der Waals surface area contributed by atoms with Gasteiger partial charge in [0.15, 0.2) is 5.82 Å². The molecule has 1 aliphatic rings. The van der Waals surface area contributed by atoms with Crippen molar-refractivity contribution in [1.82, 2.24) is 10.2 Å². The van der Waals surface area contributed by atoms with Gasteiger partial charge < -0.3 is 15.4 Å². The Labute approximate surface area is 125 Å². The molecule has 0 aliphatic carbocycles. The van der Waals surface area contributed by atoms with E-state index in [1.807, 2.05) is 20.9 Å². The molecular formula is C14H22N4OS. The summed E-state index contributed by atoms with van der Waals surface area (Å²) in [5.74, 6) is 1.41. The van der Waals surface area contributed by atoms with E-state index >= 15 is 0 Å². The lowest BCUT2D eigenvalue weighted by molar-refractivity contribution is 0.0685. The summed E-state index contributed by atoms with van der Waals surface area (Å²) in [5.41, 5.74) is 8.61. The molecule has 6 heteroatoms. The molecule has 2 N–H and O–H groups in total. The van der Waals surface area contributed by atoms with Crippen LogP contribution in [0.1, 0.15) is 29.7 Å². The molecule has 2 heterocycles. The number of hydrogen-bond acceptors (Lipinski definition) is 5. The molecule has 0 amide bonds. The van der Waals surface area contributed by atoms with E-state index in [4.69, 9.17) is 22.7 Å². The molecule has 0 spiro atoms. The number of nitrogens with zero attached hydrogens (tertiary/aromatic N) is 3. The summed E-state index contributed by atoms with van der Waals surface area (Å²) >= 11 is 5.18. The minimum absolute atomic E-state index is 0.384. The monoisotopic (exact) mass is 294 g/mol. The Bertz CT molecular complexity index is 500. The van der Waals surface area contributed by atoms with Gasteiger partial charge >= 0.3 is 0 Å². The zero-order valence-electron chi connectivity index (χ0n) is 12.3. The minimum Gasteiger partial charge on any atom is -0.389 e. The predicted molar refractivity (Wildman–Crippen MR) is 84.2 cm³/mol. The van der Waals surface area contributed by atoms with Crippen LogP contribution in [0.3, 0.4) is 0 Å². The Morgan fingerprint density at radius 1 is 1.35 bits per heavy atom. The van der Waals surface area contributed by atoms with Crippen molar-refractivity contribution in [2.45, 2.75) is 26.7 Å². The second-order valence-corrected chi connectivity index (χ2v) is 5.85. The van der Waals surface area contributed by atoms with E-state index in [2.05, 4.69) is 15.1 Å². The molecule has 0 unspecified atom stereocenters. The van der Waals surface area contributed by atoms with Crippen LogP contribution in [0.4, 0.5) is 5.82 Å². The molecule has 1 aromatic heterocycles. The van der Waals surface area contributed by atoms with Crippen LogP contribution in [-0.4, -0.2) is 42.0 Å². The molecule has 0 saturated carbocycles. The highest BCUT2D eigenvalue weighted by Crippen LogP contribution is 2.24. The van der Waals surface area contributed by atoms with Crippen molar-refractivity contribution in [1.29, 1.82) is 0 Å². The fourth-order valence-corrected chi connectivity index (χ4v) is 2.81. The third kappa shape index (κ3) is 3.24. The summed E-state index contributed by atoms with van der Waals surface area (Å²) in [5, 5.41) is 8.51. The second-order valence-electron chi connectivity index (χ2n) is 5.41. The molecule has 1 aromatic rings. The van der Waals surface area contributed by atoms with E-state index in [-0.39, 0.29) is 0 Å². The number of nitrogens with two attached hydrogens (primary N) is 1. The van der Waals surface area contributed by atoms with Crippen molar-refractivity contribution in [2.24, 2.45) is 11.7 Å². The minimum atomic E-state index is 0.384. The van der Waals surface area contributed by atoms with E-state index in [0.29, 0.717) is 10.9 Å². The number of aromatic nitrogens is 2. The molecule has 20 heavy (non-hydrogen) atoms. The Morgan fingerprint density at radius 2 is 2.00 bits per heavy atom. The quantitative estimate of drug-likeness (QED) is 0.851. The zero-order valence-corrected chi connectivity index (χ0v) is 13.2. The molecule has 1 saturated heterocycles. The van der Waals surface area contributed by atoms with Gasteiger partial charge in [0.2, 0.25) is 0 Å². The van der Waals surface area contributed by atoms with Gasteiger partial charge in [0.05, 0.1) is 11.3 Å². The van der Waals surface area contributed by atoms with Gasteiger partial charge in [-0.3, -0.25) is 0 Å². The fourth-order valence-electron chi connectivity index (χ4n) is 2.56. The van der Waals surface area contributed by atoms with Gasteiger partial charge in [-0.05, 0) is 38.2 Å². The van der Waals surface area contributed by atoms with Gasteiger partial charge in [0, 0.05) is 26.8 Å². The molecule has 110 valence electrons. The largest absolute Gasteiger partial charge is 0.389 e. The van der Waals surface area contributed by atoms with Crippen LogP contribution >= 0.6 is 12.2 Å². The normalized spacial score (nSPS) is 16.1. The van der Waals surface area contributed by atoms with Crippen LogP contribution in [0.15, 0.2) is 0 Å². The van der Waals surface area contributed by atoms with Crippen molar-refractivity contribution < 1.29 is 4.74 Å². The van der Waals surface area contributed by atoms with E-state index in [0.717, 1.165) is 55.2 Å². The SMILES string of the molecule is Cc1nnc(N(C)CC2CCOCC2)c(C(N)=S)c1C. The Hall–Kier alpha value is -1.27. The van der Waals surface area contributed by atoms with Crippen LogP contribution in [-0.2, 0) is 4.74 Å². The summed E-state index contributed by atoms with van der Waals surface area (Å²) in [6.45, 7) is 6.53. The van der Waals surface area contributed by atoms with Crippen molar-refractivity contribution in [3.05, 3.63) is 16.8 Å². The molecule has 0 aromatic carbocycles. The van der Waals surface area contributed by atoms with E-state index in [9.17, 15) is 0 Å². The zero-order chi connectivity index (χ0) is 14.7. The maximum absolute atomic E-state index is 5.87. The predicted octanol–water partition coefficient (Wildman–Crippen LogP) is 1.59. The van der Waals surface area contributed by atoms with E-state index in [1.54, 1.807) is 0 Å². The summed E-state index contributed by atoms with van der Waals surface area (Å²) < 4.78 is 5.40. The summed E-state index contributed by atoms with van der Waals surface area (Å²) in [6.07, 6.45) is 2.18. The summed E-state index contributed by atoms with van der Waals surface area (Å²) in [7, 11) is 2.02. The number of ether oxygens (including phenoxy) is 1. The average Bonchev–Trinajstić information content (AvgIpc) is 2.42. The maximum Gasteiger partial charge on any atom is 0.161 e. The van der Waals surface area contributed by atoms with Crippen molar-refractivity contribution in [3.63, 3.8) is 0 Å². The number of rotatable bonds is 4. The summed E-state index contributed by atoms with van der Waals surface area (Å²) in [6, 6.07) is 0. The van der Waals surface area contributed by atoms with Gasteiger partial charge in [0.25, 0.3) is 0 Å². The molecule has 0 bridgehead atoms. The van der Waals surface area contributed by atoms with Gasteiger partial charge in [-0.25, -0.2) is 0 Å². The van der Waals surface area contributed by atoms with Crippen molar-refractivity contribution in [2.75, 3.05) is 31.7 Å². The molecule has 1 fully saturated rings. The van der Waals surface area contributed by atoms with Crippen molar-refractivity contribution in [3.8, 4) is 0 Å². The van der Waals surface area contributed by atoms with Crippen LogP contribution < -0.4 is 10.6 Å². The van der Waals surface area contributed by atoms with E-state index < -0.39 is 0 Å². The number of aryl methyl sites for hydroxylation is 1. The second kappa shape index (κ2) is 6.45. The van der Waals surface area contributed by atoms with Crippen LogP contribution in [0, 0.1) is 19.8 Å². The molecule has 0 radical (unpaired) electrons. The third-order valence-corrected chi connectivity index (χ3v) is 4.12. The third-order valence-electron chi connectivity index (χ3n) is 3.92. The highest BCUT2D eigenvalue weighted by molar-refractivity contribution is 7.80. The first kappa shape index (κ1) is 15.1. The molecule has 0 atom stereocenters. The first-order chi connectivity index (χ1) is 9.50. The molecule has 2 rings (SSSR count). The number of thiocarbonyl (C=S) groups is 1. The van der Waals surface area contributed by atoms with E-state index in [1.165, 1.54) is 0 Å². The fraction of sp³-hybridized carbons (Fsp3) is 0.643. The smallest absolute Gasteiger partial charge is 0.161 e. The standard InChI is InChI=1S/C14H22N4OS/c1-9-10(2)16-17-14(12(9)13(15)20)18(3)8-11-4-6-19-7-5-11/h11H,4-8H2,1-3H3,(H2,15,20). The van der Waals surface area contributed by atoms with Gasteiger partial charge in [-0.1, -0.05) is 12.2 Å². The number of anilines is 1. The maximum atomic E-state index is 5.87.